The van der Waals surface area contributed by atoms with Crippen molar-refractivity contribution < 1.29 is 0 Å². The van der Waals surface area contributed by atoms with Crippen LogP contribution in [0.2, 0.25) is 0 Å². The summed E-state index contributed by atoms with van der Waals surface area (Å²) in [6.07, 6.45) is 0. The van der Waals surface area contributed by atoms with Crippen molar-refractivity contribution in [1.82, 2.24) is 18.9 Å². The van der Waals surface area contributed by atoms with E-state index in [0.717, 1.165) is 44.1 Å². The molecule has 10 rings (SSSR count). The van der Waals surface area contributed by atoms with Gasteiger partial charge in [0.15, 0.2) is 0 Å². The first-order valence-electron chi connectivity index (χ1n) is 16.3. The minimum atomic E-state index is 0.628. The molecule has 7 aromatic carbocycles. The van der Waals surface area contributed by atoms with Crippen LogP contribution in [0.15, 0.2) is 170 Å². The Morgan fingerprint density at radius 1 is 0.333 bits per heavy atom. The number of hydrogen-bond donors (Lipinski definition) is 0. The number of nitrogens with zero attached hydrogens (tertiary/aromatic N) is 4. The topological polar surface area (TPSA) is 35.1 Å². The average molecular weight is 613 g/mol. The van der Waals surface area contributed by atoms with Crippen LogP contribution in [-0.4, -0.2) is 18.9 Å². The van der Waals surface area contributed by atoms with E-state index in [1.807, 2.05) is 6.07 Å². The Morgan fingerprint density at radius 2 is 0.854 bits per heavy atom. The van der Waals surface area contributed by atoms with Crippen LogP contribution in [0.1, 0.15) is 0 Å². The van der Waals surface area contributed by atoms with Gasteiger partial charge < -0.3 is 4.40 Å². The lowest BCUT2D eigenvalue weighted by Gasteiger charge is -2.17. The second kappa shape index (κ2) is 10.5. The van der Waals surface area contributed by atoms with E-state index < -0.39 is 0 Å². The average Bonchev–Trinajstić information content (AvgIpc) is 3.49. The fourth-order valence-corrected chi connectivity index (χ4v) is 7.41. The number of aromatic nitrogens is 4. The van der Waals surface area contributed by atoms with Crippen molar-refractivity contribution in [3.05, 3.63) is 170 Å². The standard InChI is InChI=1S/C44H28N4/c1-2-13-29(14-3-1)30-25-27-31(28-26-30)42-36-17-4-7-20-37(36)45-44(46-42)48-39-22-9-6-16-33(39)35-19-12-18-34-32-15-5-8-21-38(32)47(43(34)35)40-23-10-11-24-41(40)48/h1-28H. The maximum absolute atomic E-state index is 5.43. The summed E-state index contributed by atoms with van der Waals surface area (Å²) in [5.74, 6) is 0.628. The van der Waals surface area contributed by atoms with Gasteiger partial charge in [0, 0.05) is 32.5 Å². The van der Waals surface area contributed by atoms with Gasteiger partial charge in [-0.05, 0) is 41.5 Å². The number of hydrogen-bond acceptors (Lipinski definition) is 2. The Balaban J connectivity index is 1.36. The molecule has 0 aliphatic rings. The Bertz CT molecular complexity index is 2880. The lowest BCUT2D eigenvalue weighted by atomic mass is 10.0. The fraction of sp³-hybridized carbons (Fsp3) is 0. The fourth-order valence-electron chi connectivity index (χ4n) is 7.41. The van der Waals surface area contributed by atoms with E-state index in [9.17, 15) is 0 Å². The number of rotatable bonds is 3. The maximum atomic E-state index is 5.43. The van der Waals surface area contributed by atoms with E-state index in [1.165, 1.54) is 38.3 Å². The molecule has 0 saturated heterocycles. The third-order valence-electron chi connectivity index (χ3n) is 9.55. The van der Waals surface area contributed by atoms with Crippen molar-refractivity contribution in [3.63, 3.8) is 0 Å². The molecule has 0 spiro atoms. The Morgan fingerprint density at radius 3 is 1.60 bits per heavy atom. The monoisotopic (exact) mass is 612 g/mol. The van der Waals surface area contributed by atoms with Crippen molar-refractivity contribution >= 4 is 60.0 Å². The quantitative estimate of drug-likeness (QED) is 0.199. The smallest absolute Gasteiger partial charge is 0.235 e. The van der Waals surface area contributed by atoms with Crippen LogP contribution >= 0.6 is 0 Å². The second-order valence-electron chi connectivity index (χ2n) is 12.2. The van der Waals surface area contributed by atoms with Gasteiger partial charge in [0.25, 0.3) is 0 Å². The van der Waals surface area contributed by atoms with Crippen molar-refractivity contribution in [1.29, 1.82) is 0 Å². The molecule has 3 aromatic heterocycles. The maximum Gasteiger partial charge on any atom is 0.235 e. The predicted octanol–water partition coefficient (Wildman–Crippen LogP) is 11.2. The van der Waals surface area contributed by atoms with Crippen molar-refractivity contribution in [2.24, 2.45) is 0 Å². The summed E-state index contributed by atoms with van der Waals surface area (Å²) in [6.45, 7) is 0. The van der Waals surface area contributed by atoms with E-state index in [1.54, 1.807) is 0 Å². The largest absolute Gasteiger partial charge is 0.307 e. The number of para-hydroxylation sites is 6. The SMILES string of the molecule is c1ccc(-c2ccc(-c3nc(-n4c5ccccc5c5cccc6c7ccccc7n(c7ccccc74)c56)nc4ccccc34)cc2)cc1. The minimum Gasteiger partial charge on any atom is -0.307 e. The van der Waals surface area contributed by atoms with Crippen molar-refractivity contribution in [2.45, 2.75) is 0 Å². The first-order chi connectivity index (χ1) is 23.8. The van der Waals surface area contributed by atoms with Crippen LogP contribution in [0.25, 0.3) is 88.4 Å². The number of fused-ring (bicyclic) bond motifs is 8. The van der Waals surface area contributed by atoms with Gasteiger partial charge in [-0.2, -0.15) is 0 Å². The highest BCUT2D eigenvalue weighted by atomic mass is 15.2. The highest BCUT2D eigenvalue weighted by Gasteiger charge is 2.18. The molecule has 0 aliphatic heterocycles. The molecule has 0 saturated carbocycles. The first kappa shape index (κ1) is 26.7. The molecule has 0 amide bonds. The molecule has 0 unspecified atom stereocenters. The summed E-state index contributed by atoms with van der Waals surface area (Å²) in [4.78, 5) is 10.7. The van der Waals surface area contributed by atoms with Gasteiger partial charge in [0.2, 0.25) is 5.95 Å². The van der Waals surface area contributed by atoms with Crippen molar-refractivity contribution in [2.75, 3.05) is 0 Å². The molecule has 0 bridgehead atoms. The van der Waals surface area contributed by atoms with E-state index in [2.05, 4.69) is 173 Å². The highest BCUT2D eigenvalue weighted by Crippen LogP contribution is 2.38. The highest BCUT2D eigenvalue weighted by molar-refractivity contribution is 6.20. The molecule has 4 nitrogen and oxygen atoms in total. The summed E-state index contributed by atoms with van der Waals surface area (Å²) < 4.78 is 4.66. The molecule has 0 aliphatic carbocycles. The molecular formula is C44H28N4. The summed E-state index contributed by atoms with van der Waals surface area (Å²) in [5.41, 5.74) is 10.7. The predicted molar refractivity (Wildman–Crippen MR) is 200 cm³/mol. The van der Waals surface area contributed by atoms with E-state index in [4.69, 9.17) is 9.97 Å². The van der Waals surface area contributed by atoms with Gasteiger partial charge in [-0.15, -0.1) is 0 Å². The Hall–Kier alpha value is -6.52. The summed E-state index contributed by atoms with van der Waals surface area (Å²) >= 11 is 0. The summed E-state index contributed by atoms with van der Waals surface area (Å²) in [7, 11) is 0. The summed E-state index contributed by atoms with van der Waals surface area (Å²) in [5, 5.41) is 5.80. The number of benzene rings is 7. The van der Waals surface area contributed by atoms with Crippen LogP contribution in [0.5, 0.6) is 0 Å². The zero-order valence-electron chi connectivity index (χ0n) is 26.0. The molecule has 0 fully saturated rings. The van der Waals surface area contributed by atoms with Gasteiger partial charge in [-0.1, -0.05) is 140 Å². The Labute approximate surface area is 276 Å². The van der Waals surface area contributed by atoms with Crippen LogP contribution in [0.3, 0.4) is 0 Å². The lowest BCUT2D eigenvalue weighted by Crippen LogP contribution is -2.07. The Kier molecular flexibility index (Phi) is 5.84. The minimum absolute atomic E-state index is 0.628. The third-order valence-corrected chi connectivity index (χ3v) is 9.55. The van der Waals surface area contributed by atoms with Crippen LogP contribution < -0.4 is 0 Å². The van der Waals surface area contributed by atoms with Gasteiger partial charge in [-0.25, -0.2) is 9.97 Å². The molecule has 0 radical (unpaired) electrons. The van der Waals surface area contributed by atoms with Gasteiger partial charge >= 0.3 is 0 Å². The third kappa shape index (κ3) is 3.96. The molecule has 0 N–H and O–H groups in total. The molecule has 224 valence electrons. The van der Waals surface area contributed by atoms with Crippen LogP contribution in [-0.2, 0) is 0 Å². The first-order valence-corrected chi connectivity index (χ1v) is 16.3. The van der Waals surface area contributed by atoms with E-state index >= 15 is 0 Å². The van der Waals surface area contributed by atoms with E-state index in [-0.39, 0.29) is 0 Å². The van der Waals surface area contributed by atoms with E-state index in [0.29, 0.717) is 5.95 Å². The normalized spacial score (nSPS) is 11.8. The zero-order chi connectivity index (χ0) is 31.6. The molecule has 4 heteroatoms. The molecule has 0 atom stereocenters. The summed E-state index contributed by atoms with van der Waals surface area (Å²) in [6, 6.07) is 60.1. The van der Waals surface area contributed by atoms with Gasteiger partial charge in [0.1, 0.15) is 0 Å². The lowest BCUT2D eigenvalue weighted by molar-refractivity contribution is 1.01. The molecule has 3 heterocycles. The molecule has 10 aromatic rings. The molecular weight excluding hydrogens is 585 g/mol. The van der Waals surface area contributed by atoms with Crippen LogP contribution in [0, 0.1) is 0 Å². The van der Waals surface area contributed by atoms with Crippen LogP contribution in [0.4, 0.5) is 0 Å². The molecule has 48 heavy (non-hydrogen) atoms. The van der Waals surface area contributed by atoms with Gasteiger partial charge in [0.05, 0.1) is 38.8 Å². The van der Waals surface area contributed by atoms with Crippen molar-refractivity contribution in [3.8, 4) is 28.3 Å². The van der Waals surface area contributed by atoms with Gasteiger partial charge in [-0.3, -0.25) is 4.57 Å². The second-order valence-corrected chi connectivity index (χ2v) is 12.2. The zero-order valence-corrected chi connectivity index (χ0v) is 26.0.